The van der Waals surface area contributed by atoms with E-state index in [-0.39, 0.29) is 40.9 Å². The third-order valence-electron chi connectivity index (χ3n) is 11.9. The quantitative estimate of drug-likeness (QED) is 0.520. The van der Waals surface area contributed by atoms with E-state index in [4.69, 9.17) is 0 Å². The Morgan fingerprint density at radius 1 is 1.05 bits per heavy atom. The summed E-state index contributed by atoms with van der Waals surface area (Å²) in [5.41, 5.74) is 0.681. The molecule has 0 amide bonds. The molecule has 37 heavy (non-hydrogen) atoms. The highest BCUT2D eigenvalue weighted by molar-refractivity contribution is 5.77. The van der Waals surface area contributed by atoms with Crippen LogP contribution in [0.25, 0.3) is 10.9 Å². The Balaban J connectivity index is 1.19. The van der Waals surface area contributed by atoms with Crippen molar-refractivity contribution in [2.75, 3.05) is 0 Å². The van der Waals surface area contributed by atoms with Gasteiger partial charge in [0.15, 0.2) is 0 Å². The first kappa shape index (κ1) is 25.6. The molecular weight excluding hydrogens is 467 g/mol. The molecule has 5 nitrogen and oxygen atoms in total. The van der Waals surface area contributed by atoms with Crippen LogP contribution in [0.15, 0.2) is 24.4 Å². The van der Waals surface area contributed by atoms with Crippen molar-refractivity contribution >= 4 is 10.9 Å². The Morgan fingerprint density at radius 2 is 1.86 bits per heavy atom. The van der Waals surface area contributed by atoms with Gasteiger partial charge in [-0.3, -0.25) is 0 Å². The molecule has 0 spiro atoms. The number of aliphatic hydroxyl groups excluding tert-OH is 3. The Kier molecular flexibility index (Phi) is 6.40. The summed E-state index contributed by atoms with van der Waals surface area (Å²) in [5.74, 6) is 2.56. The number of benzene rings is 1. The standard InChI is InChI=1S/C31H43FN2O3/c1-17(4-9-28-33-16-18-12-20(32)5-8-25(18)34-28)22-6-7-23-29-24(15-27(37)31(22,23)3)30(2)11-10-21(35)13-19(30)14-26(29)36/h5,8,12,16-17,19,21-24,26-27,29,35-37H,4,6-7,9-11,13-15H2,1-3H3/t17-,19+,21-,22-,23+,24+,26-,27+,29+,30+,31-/m1/s1. The largest absolute Gasteiger partial charge is 0.393 e. The minimum Gasteiger partial charge on any atom is -0.393 e. The van der Waals surface area contributed by atoms with E-state index in [0.29, 0.717) is 29.6 Å². The third-order valence-corrected chi connectivity index (χ3v) is 11.9. The monoisotopic (exact) mass is 510 g/mol. The Hall–Kier alpha value is -1.63. The van der Waals surface area contributed by atoms with Crippen molar-refractivity contribution in [3.63, 3.8) is 0 Å². The van der Waals surface area contributed by atoms with Gasteiger partial charge in [-0.1, -0.05) is 20.8 Å². The van der Waals surface area contributed by atoms with E-state index in [2.05, 4.69) is 30.7 Å². The maximum atomic E-state index is 13.5. The van der Waals surface area contributed by atoms with Crippen LogP contribution < -0.4 is 0 Å². The van der Waals surface area contributed by atoms with Crippen LogP contribution >= 0.6 is 0 Å². The molecule has 0 saturated heterocycles. The summed E-state index contributed by atoms with van der Waals surface area (Å²) < 4.78 is 13.5. The second kappa shape index (κ2) is 9.24. The lowest BCUT2D eigenvalue weighted by Gasteiger charge is -2.63. The van der Waals surface area contributed by atoms with Gasteiger partial charge in [-0.25, -0.2) is 14.4 Å². The second-order valence-corrected chi connectivity index (χ2v) is 13.5. The summed E-state index contributed by atoms with van der Waals surface area (Å²) in [6.07, 6.45) is 8.83. The lowest BCUT2D eigenvalue weighted by Crippen LogP contribution is -2.62. The molecule has 1 aromatic carbocycles. The van der Waals surface area contributed by atoms with E-state index in [1.165, 1.54) is 12.1 Å². The van der Waals surface area contributed by atoms with Crippen molar-refractivity contribution in [2.45, 2.75) is 96.9 Å². The molecule has 4 fully saturated rings. The lowest BCUT2D eigenvalue weighted by atomic mass is 9.43. The Labute approximate surface area is 219 Å². The molecule has 6 heteroatoms. The molecule has 202 valence electrons. The first-order valence-electron chi connectivity index (χ1n) is 14.6. The summed E-state index contributed by atoms with van der Waals surface area (Å²) >= 11 is 0. The molecule has 0 radical (unpaired) electrons. The number of hydrogen-bond acceptors (Lipinski definition) is 5. The lowest BCUT2D eigenvalue weighted by molar-refractivity contribution is -0.207. The number of nitrogens with zero attached hydrogens (tertiary/aromatic N) is 2. The van der Waals surface area contributed by atoms with Crippen molar-refractivity contribution in [3.8, 4) is 0 Å². The van der Waals surface area contributed by atoms with Gasteiger partial charge in [0, 0.05) is 18.0 Å². The average Bonchev–Trinajstić information content (AvgIpc) is 3.22. The number of rotatable bonds is 4. The normalized spacial score (nSPS) is 44.2. The Bertz CT molecular complexity index is 1160. The maximum absolute atomic E-state index is 13.5. The highest BCUT2D eigenvalue weighted by Gasteiger charge is 2.65. The molecule has 4 saturated carbocycles. The summed E-state index contributed by atoms with van der Waals surface area (Å²) in [5, 5.41) is 34.3. The topological polar surface area (TPSA) is 86.5 Å². The molecule has 11 atom stereocenters. The summed E-state index contributed by atoms with van der Waals surface area (Å²) in [7, 11) is 0. The van der Waals surface area contributed by atoms with Crippen LogP contribution in [0.2, 0.25) is 0 Å². The molecule has 0 aliphatic heterocycles. The minimum atomic E-state index is -0.366. The van der Waals surface area contributed by atoms with Crippen LogP contribution in [0.5, 0.6) is 0 Å². The molecule has 1 aromatic heterocycles. The van der Waals surface area contributed by atoms with Gasteiger partial charge in [-0.05, 0) is 116 Å². The van der Waals surface area contributed by atoms with Crippen LogP contribution in [0.3, 0.4) is 0 Å². The number of aryl methyl sites for hydroxylation is 1. The van der Waals surface area contributed by atoms with E-state index >= 15 is 0 Å². The van der Waals surface area contributed by atoms with E-state index in [1.807, 2.05) is 0 Å². The molecule has 4 aliphatic carbocycles. The number of aromatic nitrogens is 2. The van der Waals surface area contributed by atoms with E-state index in [0.717, 1.165) is 74.5 Å². The number of halogens is 1. The number of fused-ring (bicyclic) bond motifs is 6. The number of hydrogen-bond donors (Lipinski definition) is 3. The van der Waals surface area contributed by atoms with Crippen molar-refractivity contribution in [1.82, 2.24) is 9.97 Å². The zero-order chi connectivity index (χ0) is 26.1. The maximum Gasteiger partial charge on any atom is 0.128 e. The van der Waals surface area contributed by atoms with Gasteiger partial charge in [0.2, 0.25) is 0 Å². The van der Waals surface area contributed by atoms with Gasteiger partial charge in [0.05, 0.1) is 23.8 Å². The Morgan fingerprint density at radius 3 is 2.68 bits per heavy atom. The van der Waals surface area contributed by atoms with Crippen LogP contribution in [0.4, 0.5) is 4.39 Å². The highest BCUT2D eigenvalue weighted by Crippen LogP contribution is 2.68. The number of aliphatic hydroxyl groups is 3. The van der Waals surface area contributed by atoms with Crippen LogP contribution in [-0.2, 0) is 6.42 Å². The van der Waals surface area contributed by atoms with Gasteiger partial charge in [0.25, 0.3) is 0 Å². The van der Waals surface area contributed by atoms with Crippen molar-refractivity contribution in [1.29, 1.82) is 0 Å². The van der Waals surface area contributed by atoms with Gasteiger partial charge in [0.1, 0.15) is 11.6 Å². The molecule has 3 N–H and O–H groups in total. The summed E-state index contributed by atoms with van der Waals surface area (Å²) in [6.45, 7) is 7.00. The third kappa shape index (κ3) is 4.04. The highest BCUT2D eigenvalue weighted by atomic mass is 19.1. The first-order chi connectivity index (χ1) is 17.6. The zero-order valence-corrected chi connectivity index (χ0v) is 22.5. The van der Waals surface area contributed by atoms with Gasteiger partial charge in [-0.2, -0.15) is 0 Å². The predicted octanol–water partition coefficient (Wildman–Crippen LogP) is 5.30. The smallest absolute Gasteiger partial charge is 0.128 e. The van der Waals surface area contributed by atoms with Crippen molar-refractivity contribution in [3.05, 3.63) is 36.0 Å². The molecule has 1 heterocycles. The first-order valence-corrected chi connectivity index (χ1v) is 14.6. The fraction of sp³-hybridized carbons (Fsp3) is 0.742. The van der Waals surface area contributed by atoms with E-state index < -0.39 is 0 Å². The van der Waals surface area contributed by atoms with Crippen molar-refractivity contribution < 1.29 is 19.7 Å². The van der Waals surface area contributed by atoms with Crippen LogP contribution in [0, 0.1) is 52.2 Å². The zero-order valence-electron chi connectivity index (χ0n) is 22.5. The van der Waals surface area contributed by atoms with E-state index in [1.54, 1.807) is 12.3 Å². The van der Waals surface area contributed by atoms with Crippen LogP contribution in [-0.4, -0.2) is 43.6 Å². The van der Waals surface area contributed by atoms with E-state index in [9.17, 15) is 19.7 Å². The molecule has 0 unspecified atom stereocenters. The van der Waals surface area contributed by atoms with Gasteiger partial charge < -0.3 is 15.3 Å². The average molecular weight is 511 g/mol. The SMILES string of the molecule is C[C@H](CCc1ncc2cc(F)ccc2n1)[C@H]1CC[C@H]2[C@@H]3[C@H](O)C[C@@H]4C[C@H](O)CC[C@]4(C)[C@H]3C[C@H](O)[C@]12C. The molecule has 2 aromatic rings. The molecular formula is C31H43FN2O3. The fourth-order valence-corrected chi connectivity index (χ4v) is 9.85. The van der Waals surface area contributed by atoms with Gasteiger partial charge >= 0.3 is 0 Å². The fourth-order valence-electron chi connectivity index (χ4n) is 9.85. The second-order valence-electron chi connectivity index (χ2n) is 13.5. The van der Waals surface area contributed by atoms with Crippen LogP contribution in [0.1, 0.15) is 78.0 Å². The van der Waals surface area contributed by atoms with Gasteiger partial charge in [-0.15, -0.1) is 0 Å². The van der Waals surface area contributed by atoms with Crippen molar-refractivity contribution in [2.24, 2.45) is 46.3 Å². The molecule has 4 aliphatic rings. The molecule has 6 rings (SSSR count). The summed E-state index contributed by atoms with van der Waals surface area (Å²) in [6, 6.07) is 4.62. The molecule has 0 bridgehead atoms. The summed E-state index contributed by atoms with van der Waals surface area (Å²) in [4.78, 5) is 9.16. The predicted molar refractivity (Wildman–Crippen MR) is 141 cm³/mol. The minimum absolute atomic E-state index is 0.103.